The highest BCUT2D eigenvalue weighted by Crippen LogP contribution is 2.30. The lowest BCUT2D eigenvalue weighted by molar-refractivity contribution is -0.142. The Kier molecular flexibility index (Phi) is 6.25. The van der Waals surface area contributed by atoms with E-state index in [1.807, 2.05) is 28.9 Å². The quantitative estimate of drug-likeness (QED) is 0.829. The Morgan fingerprint density at radius 3 is 2.83 bits per heavy atom. The zero-order valence-electron chi connectivity index (χ0n) is 12.9. The third kappa shape index (κ3) is 3.79. The van der Waals surface area contributed by atoms with E-state index in [9.17, 15) is 4.79 Å². The third-order valence-electron chi connectivity index (χ3n) is 4.16. The van der Waals surface area contributed by atoms with Gasteiger partial charge in [0.15, 0.2) is 0 Å². The van der Waals surface area contributed by atoms with Crippen molar-refractivity contribution in [2.24, 2.45) is 0 Å². The molecule has 0 aromatic carbocycles. The molecule has 0 aliphatic carbocycles. The van der Waals surface area contributed by atoms with Gasteiger partial charge in [0.2, 0.25) is 0 Å². The first-order chi connectivity index (χ1) is 10.6. The smallest absolute Gasteiger partial charge is 0.250 e. The summed E-state index contributed by atoms with van der Waals surface area (Å²) >= 11 is 5.11. The van der Waals surface area contributed by atoms with Crippen molar-refractivity contribution in [1.82, 2.24) is 20.0 Å². The molecule has 0 saturated carbocycles. The number of rotatable bonds is 4. The van der Waals surface area contributed by atoms with Gasteiger partial charge in [0.25, 0.3) is 5.91 Å². The van der Waals surface area contributed by atoms with Crippen LogP contribution in [0.1, 0.15) is 18.4 Å². The van der Waals surface area contributed by atoms with Crippen LogP contribution in [0.25, 0.3) is 0 Å². The van der Waals surface area contributed by atoms with E-state index >= 15 is 0 Å². The summed E-state index contributed by atoms with van der Waals surface area (Å²) in [4.78, 5) is 15.0. The number of halogens is 2. The third-order valence-corrected chi connectivity index (χ3v) is 5.71. The molecule has 1 saturated heterocycles. The average Bonchev–Trinajstić information content (AvgIpc) is 3.19. The molecular weight excluding hydrogens is 400 g/mol. The number of nitrogens with zero attached hydrogens (tertiary/aromatic N) is 3. The molecule has 5 nitrogen and oxygen atoms in total. The van der Waals surface area contributed by atoms with Gasteiger partial charge in [0.05, 0.1) is 3.79 Å². The van der Waals surface area contributed by atoms with Crippen LogP contribution in [0.15, 0.2) is 33.7 Å². The van der Waals surface area contributed by atoms with Crippen LogP contribution in [-0.4, -0.2) is 40.7 Å². The van der Waals surface area contributed by atoms with E-state index in [0.717, 1.165) is 35.3 Å². The van der Waals surface area contributed by atoms with Crippen molar-refractivity contribution in [2.45, 2.75) is 24.9 Å². The SMILES string of the molecule is CN(Cc1csc(Br)c1)C(=O)C1(n2cccn2)CCNCC1.Cl. The van der Waals surface area contributed by atoms with Gasteiger partial charge in [-0.15, -0.1) is 23.7 Å². The molecule has 0 atom stereocenters. The molecule has 1 aliphatic heterocycles. The average molecular weight is 420 g/mol. The van der Waals surface area contributed by atoms with Crippen molar-refractivity contribution in [1.29, 1.82) is 0 Å². The van der Waals surface area contributed by atoms with Gasteiger partial charge in [-0.2, -0.15) is 5.10 Å². The molecule has 0 spiro atoms. The summed E-state index contributed by atoms with van der Waals surface area (Å²) in [7, 11) is 1.88. The predicted molar refractivity (Wildman–Crippen MR) is 98.0 cm³/mol. The Morgan fingerprint density at radius 2 is 2.26 bits per heavy atom. The zero-order valence-corrected chi connectivity index (χ0v) is 16.1. The fraction of sp³-hybridized carbons (Fsp3) is 0.467. The lowest BCUT2D eigenvalue weighted by atomic mass is 9.87. The van der Waals surface area contributed by atoms with Crippen LogP contribution in [0.4, 0.5) is 0 Å². The minimum Gasteiger partial charge on any atom is -0.339 e. The van der Waals surface area contributed by atoms with E-state index in [0.29, 0.717) is 6.54 Å². The first kappa shape index (κ1) is 18.4. The summed E-state index contributed by atoms with van der Waals surface area (Å²) in [5.41, 5.74) is 0.591. The highest BCUT2D eigenvalue weighted by atomic mass is 79.9. The molecule has 2 aromatic rings. The maximum Gasteiger partial charge on any atom is 0.250 e. The number of amides is 1. The zero-order chi connectivity index (χ0) is 15.6. The van der Waals surface area contributed by atoms with E-state index in [1.54, 1.807) is 17.5 Å². The van der Waals surface area contributed by atoms with Gasteiger partial charge in [-0.25, -0.2) is 0 Å². The molecule has 3 rings (SSSR count). The van der Waals surface area contributed by atoms with Crippen LogP contribution in [0, 0.1) is 0 Å². The molecule has 3 heterocycles. The molecule has 1 N–H and O–H groups in total. The summed E-state index contributed by atoms with van der Waals surface area (Å²) in [5, 5.41) is 9.77. The standard InChI is InChI=1S/C15H19BrN4OS.ClH/c1-19(10-12-9-13(16)22-11-12)14(21)15(3-6-17-7-4-15)20-8-2-5-18-20;/h2,5,8-9,11,17H,3-4,6-7,10H2,1H3;1H. The minimum atomic E-state index is -0.559. The molecule has 23 heavy (non-hydrogen) atoms. The predicted octanol–water partition coefficient (Wildman–Crippen LogP) is 2.87. The molecule has 1 amide bonds. The van der Waals surface area contributed by atoms with Gasteiger partial charge in [-0.3, -0.25) is 9.48 Å². The number of carbonyl (C=O) groups excluding carboxylic acids is 1. The van der Waals surface area contributed by atoms with Crippen molar-refractivity contribution in [3.05, 3.63) is 39.3 Å². The highest BCUT2D eigenvalue weighted by molar-refractivity contribution is 9.11. The van der Waals surface area contributed by atoms with Gasteiger partial charge in [-0.05, 0) is 64.9 Å². The second kappa shape index (κ2) is 7.79. The van der Waals surface area contributed by atoms with Crippen molar-refractivity contribution in [3.63, 3.8) is 0 Å². The molecule has 8 heteroatoms. The largest absolute Gasteiger partial charge is 0.339 e. The Balaban J connectivity index is 0.00000192. The van der Waals surface area contributed by atoms with Crippen molar-refractivity contribution in [3.8, 4) is 0 Å². The van der Waals surface area contributed by atoms with E-state index in [4.69, 9.17) is 0 Å². The van der Waals surface area contributed by atoms with Crippen LogP contribution >= 0.6 is 39.7 Å². The van der Waals surface area contributed by atoms with Gasteiger partial charge in [0, 0.05) is 26.0 Å². The molecule has 1 fully saturated rings. The first-order valence-electron chi connectivity index (χ1n) is 7.31. The number of hydrogen-bond donors (Lipinski definition) is 1. The maximum atomic E-state index is 13.2. The highest BCUT2D eigenvalue weighted by Gasteiger charge is 2.43. The van der Waals surface area contributed by atoms with E-state index < -0.39 is 5.54 Å². The maximum absolute atomic E-state index is 13.2. The summed E-state index contributed by atoms with van der Waals surface area (Å²) < 4.78 is 2.93. The second-order valence-corrected chi connectivity index (χ2v) is 7.94. The van der Waals surface area contributed by atoms with Crippen LogP contribution in [0.2, 0.25) is 0 Å². The first-order valence-corrected chi connectivity index (χ1v) is 8.98. The van der Waals surface area contributed by atoms with Gasteiger partial charge < -0.3 is 10.2 Å². The molecule has 0 radical (unpaired) electrons. The number of likely N-dealkylation sites (N-methyl/N-ethyl adjacent to an activating group) is 1. The van der Waals surface area contributed by atoms with E-state index in [-0.39, 0.29) is 18.3 Å². The number of piperidine rings is 1. The molecule has 0 unspecified atom stereocenters. The summed E-state index contributed by atoms with van der Waals surface area (Å²) in [5.74, 6) is 0.139. The molecule has 2 aromatic heterocycles. The van der Waals surface area contributed by atoms with Gasteiger partial charge in [0.1, 0.15) is 5.54 Å². The van der Waals surface area contributed by atoms with E-state index in [2.05, 4.69) is 37.8 Å². The Labute approximate surface area is 154 Å². The van der Waals surface area contributed by atoms with E-state index in [1.165, 1.54) is 0 Å². The van der Waals surface area contributed by atoms with Crippen LogP contribution < -0.4 is 5.32 Å². The normalized spacial score (nSPS) is 16.6. The van der Waals surface area contributed by atoms with Gasteiger partial charge in [-0.1, -0.05) is 0 Å². The molecule has 0 bridgehead atoms. The monoisotopic (exact) mass is 418 g/mol. The molecule has 1 aliphatic rings. The number of thiophene rings is 1. The Bertz CT molecular complexity index is 640. The lowest BCUT2D eigenvalue weighted by Gasteiger charge is -2.39. The van der Waals surface area contributed by atoms with Crippen LogP contribution in [0.3, 0.4) is 0 Å². The van der Waals surface area contributed by atoms with Crippen molar-refractivity contribution < 1.29 is 4.79 Å². The van der Waals surface area contributed by atoms with Crippen LogP contribution in [-0.2, 0) is 16.9 Å². The molecule has 126 valence electrons. The Morgan fingerprint density at radius 1 is 1.52 bits per heavy atom. The van der Waals surface area contributed by atoms with Crippen molar-refractivity contribution >= 4 is 45.6 Å². The summed E-state index contributed by atoms with van der Waals surface area (Å²) in [6.07, 6.45) is 5.18. The summed E-state index contributed by atoms with van der Waals surface area (Å²) in [6.45, 7) is 2.30. The number of carbonyl (C=O) groups is 1. The fourth-order valence-corrected chi connectivity index (χ4v) is 4.23. The van der Waals surface area contributed by atoms with Crippen LogP contribution in [0.5, 0.6) is 0 Å². The van der Waals surface area contributed by atoms with Gasteiger partial charge >= 0.3 is 0 Å². The lowest BCUT2D eigenvalue weighted by Crippen LogP contribution is -2.54. The topological polar surface area (TPSA) is 50.2 Å². The molecular formula is C15H20BrClN4OS. The fourth-order valence-electron chi connectivity index (χ4n) is 3.03. The number of hydrogen-bond acceptors (Lipinski definition) is 4. The summed E-state index contributed by atoms with van der Waals surface area (Å²) in [6, 6.07) is 3.95. The van der Waals surface area contributed by atoms with Crippen molar-refractivity contribution in [2.75, 3.05) is 20.1 Å². The second-order valence-electron chi connectivity index (χ2n) is 5.65. The Hall–Kier alpha value is -0.890. The number of aromatic nitrogens is 2. The number of nitrogens with one attached hydrogen (secondary N) is 1. The minimum absolute atomic E-state index is 0.